The molecule has 2 rings (SSSR count). The Morgan fingerprint density at radius 3 is 2.20 bits per heavy atom. The van der Waals surface area contributed by atoms with Crippen LogP contribution < -0.4 is 5.32 Å². The van der Waals surface area contributed by atoms with E-state index in [0.717, 1.165) is 11.1 Å². The first-order valence-corrected chi connectivity index (χ1v) is 7.78. The van der Waals surface area contributed by atoms with Crippen molar-refractivity contribution in [3.05, 3.63) is 71.8 Å². The molecule has 0 saturated carbocycles. The van der Waals surface area contributed by atoms with Gasteiger partial charge in [0.15, 0.2) is 0 Å². The molecule has 0 unspecified atom stereocenters. The van der Waals surface area contributed by atoms with Gasteiger partial charge in [0.1, 0.15) is 6.61 Å². The van der Waals surface area contributed by atoms with E-state index in [4.69, 9.17) is 4.74 Å². The second-order valence-corrected chi connectivity index (χ2v) is 5.21. The molecule has 25 heavy (non-hydrogen) atoms. The Balaban J connectivity index is 1.97. The second kappa shape index (κ2) is 9.78. The predicted molar refractivity (Wildman–Crippen MR) is 93.5 cm³/mol. The molecule has 0 saturated heterocycles. The summed E-state index contributed by atoms with van der Waals surface area (Å²) in [5.74, 6) is 4.41. The molecule has 0 aliphatic carbocycles. The third-order valence-corrected chi connectivity index (χ3v) is 3.32. The molecule has 0 bridgehead atoms. The Morgan fingerprint density at radius 1 is 1.00 bits per heavy atom. The molecule has 2 aromatic rings. The third kappa shape index (κ3) is 6.80. The Kier molecular flexibility index (Phi) is 7.08. The number of amides is 1. The topological polar surface area (TPSA) is 64.6 Å². The van der Waals surface area contributed by atoms with Crippen molar-refractivity contribution in [3.63, 3.8) is 0 Å². The summed E-state index contributed by atoms with van der Waals surface area (Å²) in [6, 6.07) is 18.3. The molecule has 0 aromatic heterocycles. The Labute approximate surface area is 147 Å². The average Bonchev–Trinajstić information content (AvgIpc) is 2.66. The summed E-state index contributed by atoms with van der Waals surface area (Å²) >= 11 is 0. The van der Waals surface area contributed by atoms with Crippen LogP contribution in [-0.4, -0.2) is 25.2 Å². The summed E-state index contributed by atoms with van der Waals surface area (Å²) in [6.07, 6.45) is -0.144. The van der Waals surface area contributed by atoms with Crippen LogP contribution in [0.2, 0.25) is 0 Å². The van der Waals surface area contributed by atoms with Crippen molar-refractivity contribution in [3.8, 4) is 11.8 Å². The fraction of sp³-hybridized carbons (Fsp3) is 0.200. The van der Waals surface area contributed by atoms with Crippen molar-refractivity contribution in [1.82, 2.24) is 5.32 Å². The zero-order valence-electron chi connectivity index (χ0n) is 13.9. The summed E-state index contributed by atoms with van der Waals surface area (Å²) in [5.41, 5.74) is 1.87. The van der Waals surface area contributed by atoms with E-state index in [2.05, 4.69) is 21.9 Å². The van der Waals surface area contributed by atoms with Crippen molar-refractivity contribution in [2.45, 2.75) is 19.1 Å². The zero-order valence-corrected chi connectivity index (χ0v) is 13.9. The van der Waals surface area contributed by atoms with Crippen LogP contribution in [-0.2, 0) is 27.3 Å². The molecule has 1 amide bonds. The van der Waals surface area contributed by atoms with E-state index in [0.29, 0.717) is 6.42 Å². The van der Waals surface area contributed by atoms with Crippen LogP contribution in [0.3, 0.4) is 0 Å². The molecule has 1 atom stereocenters. The van der Waals surface area contributed by atoms with Crippen LogP contribution in [0, 0.1) is 11.8 Å². The third-order valence-electron chi connectivity index (χ3n) is 3.32. The highest BCUT2D eigenvalue weighted by atomic mass is 16.5. The van der Waals surface area contributed by atoms with E-state index >= 15 is 0 Å². The van der Waals surface area contributed by atoms with Gasteiger partial charge in [-0.15, -0.1) is 0 Å². The highest BCUT2D eigenvalue weighted by Crippen LogP contribution is 2.04. The van der Waals surface area contributed by atoms with Crippen molar-refractivity contribution < 1.29 is 19.1 Å². The number of rotatable bonds is 5. The summed E-state index contributed by atoms with van der Waals surface area (Å²) in [4.78, 5) is 23.2. The number of benzene rings is 2. The van der Waals surface area contributed by atoms with E-state index in [1.807, 2.05) is 60.7 Å². The van der Waals surface area contributed by atoms with Crippen molar-refractivity contribution in [2.75, 3.05) is 7.11 Å². The molecule has 0 heterocycles. The first-order valence-electron chi connectivity index (χ1n) is 7.78. The highest BCUT2D eigenvalue weighted by molar-refractivity contribution is 5.88. The van der Waals surface area contributed by atoms with Crippen LogP contribution >= 0.6 is 0 Å². The number of carbonyl (C=O) groups is 2. The van der Waals surface area contributed by atoms with Gasteiger partial charge in [0.25, 0.3) is 0 Å². The largest absolute Gasteiger partial charge is 0.459 e. The lowest BCUT2D eigenvalue weighted by atomic mass is 10.1. The molecule has 5 heteroatoms. The predicted octanol–water partition coefficient (Wildman–Crippen LogP) is 2.70. The van der Waals surface area contributed by atoms with Crippen LogP contribution in [0.15, 0.2) is 60.7 Å². The smallest absolute Gasteiger partial charge is 0.408 e. The maximum Gasteiger partial charge on any atom is 0.408 e. The quantitative estimate of drug-likeness (QED) is 0.518. The molecule has 0 radical (unpaired) electrons. The molecule has 1 N–H and O–H groups in total. The minimum atomic E-state index is -0.655. The van der Waals surface area contributed by atoms with E-state index in [-0.39, 0.29) is 6.61 Å². The Morgan fingerprint density at radius 2 is 1.60 bits per heavy atom. The number of alkyl carbamates (subject to hydrolysis) is 1. The Bertz CT molecular complexity index is 748. The van der Waals surface area contributed by atoms with Crippen LogP contribution in [0.4, 0.5) is 4.79 Å². The molecule has 0 aliphatic heterocycles. The zero-order chi connectivity index (χ0) is 17.9. The molecule has 128 valence electrons. The summed E-state index contributed by atoms with van der Waals surface area (Å²) in [7, 11) is 1.25. The molecule has 0 spiro atoms. The van der Waals surface area contributed by atoms with Gasteiger partial charge < -0.3 is 14.8 Å². The number of nitrogens with one attached hydrogen (secondary N) is 1. The van der Waals surface area contributed by atoms with Gasteiger partial charge in [-0.05, 0) is 11.1 Å². The molecular formula is C20H19NO4. The molecule has 2 aromatic carbocycles. The number of methoxy groups -OCH3 is 1. The highest BCUT2D eigenvalue weighted by Gasteiger charge is 2.12. The number of carbonyl (C=O) groups excluding carboxylic acids is 2. The van der Waals surface area contributed by atoms with Crippen LogP contribution in [0.5, 0.6) is 0 Å². The molecule has 0 aliphatic rings. The summed E-state index contributed by atoms with van der Waals surface area (Å²) in [5, 5.41) is 2.67. The van der Waals surface area contributed by atoms with Crippen molar-refractivity contribution in [1.29, 1.82) is 0 Å². The Hall–Kier alpha value is -3.26. The maximum absolute atomic E-state index is 12.0. The van der Waals surface area contributed by atoms with Gasteiger partial charge in [-0.1, -0.05) is 66.6 Å². The number of hydrogen-bond donors (Lipinski definition) is 1. The van der Waals surface area contributed by atoms with Crippen molar-refractivity contribution in [2.24, 2.45) is 0 Å². The van der Waals surface area contributed by atoms with E-state index < -0.39 is 18.1 Å². The minimum absolute atomic E-state index is 0.162. The molecular weight excluding hydrogens is 318 g/mol. The lowest BCUT2D eigenvalue weighted by Gasteiger charge is -2.13. The first-order chi connectivity index (χ1) is 12.2. The van der Waals surface area contributed by atoms with Gasteiger partial charge in [-0.3, -0.25) is 0 Å². The molecule has 0 fully saturated rings. The fourth-order valence-corrected chi connectivity index (χ4v) is 2.09. The lowest BCUT2D eigenvalue weighted by Crippen LogP contribution is -2.36. The summed E-state index contributed by atoms with van der Waals surface area (Å²) < 4.78 is 9.70. The van der Waals surface area contributed by atoms with Gasteiger partial charge >= 0.3 is 12.1 Å². The summed E-state index contributed by atoms with van der Waals surface area (Å²) in [6.45, 7) is 0.162. The number of hydrogen-bond acceptors (Lipinski definition) is 4. The van der Waals surface area contributed by atoms with Gasteiger partial charge in [-0.25, -0.2) is 9.59 Å². The number of ether oxygens (including phenoxy) is 2. The average molecular weight is 337 g/mol. The SMILES string of the molecule is COC(=O)C#C[C@H](Cc1ccccc1)NC(=O)OCc1ccccc1. The normalized spacial score (nSPS) is 10.8. The molecule has 5 nitrogen and oxygen atoms in total. The second-order valence-electron chi connectivity index (χ2n) is 5.21. The number of esters is 1. The van der Waals surface area contributed by atoms with Gasteiger partial charge in [0.2, 0.25) is 0 Å². The van der Waals surface area contributed by atoms with E-state index in [9.17, 15) is 9.59 Å². The lowest BCUT2D eigenvalue weighted by molar-refractivity contribution is -0.133. The maximum atomic E-state index is 12.0. The standard InChI is InChI=1S/C20H19NO4/c1-24-19(22)13-12-18(14-16-8-4-2-5-9-16)21-20(23)25-15-17-10-6-3-7-11-17/h2-11,18H,14-15H2,1H3,(H,21,23)/t18-/m1/s1. The van der Waals surface area contributed by atoms with Crippen LogP contribution in [0.1, 0.15) is 11.1 Å². The van der Waals surface area contributed by atoms with Gasteiger partial charge in [-0.2, -0.15) is 0 Å². The van der Waals surface area contributed by atoms with Gasteiger partial charge in [0.05, 0.1) is 13.2 Å². The van der Waals surface area contributed by atoms with Gasteiger partial charge in [0, 0.05) is 12.3 Å². The fourth-order valence-electron chi connectivity index (χ4n) is 2.09. The van der Waals surface area contributed by atoms with E-state index in [1.165, 1.54) is 7.11 Å². The van der Waals surface area contributed by atoms with Crippen LogP contribution in [0.25, 0.3) is 0 Å². The van der Waals surface area contributed by atoms with Crippen molar-refractivity contribution >= 4 is 12.1 Å². The minimum Gasteiger partial charge on any atom is -0.459 e. The monoisotopic (exact) mass is 337 g/mol. The first kappa shape index (κ1) is 18.1. The van der Waals surface area contributed by atoms with E-state index in [1.54, 1.807) is 0 Å².